The lowest BCUT2D eigenvalue weighted by atomic mass is 9.92. The van der Waals surface area contributed by atoms with E-state index in [0.29, 0.717) is 11.8 Å². The van der Waals surface area contributed by atoms with Crippen molar-refractivity contribution in [2.45, 2.75) is 44.7 Å². The standard InChI is InChI=1S/C20H24FN3O3/c1-13-3-6-17-18(24(13)20(25)26-2)8-7-16(19(17)27-10-9-21)14-11-22-23(12-14)15-4-5-15/h7-8,11-13,15H,3-6,9-10H2,1-2H3. The molecule has 1 unspecified atom stereocenters. The van der Waals surface area contributed by atoms with E-state index < -0.39 is 12.8 Å². The number of halogens is 1. The van der Waals surface area contributed by atoms with Crippen LogP contribution in [0.2, 0.25) is 0 Å². The molecule has 4 rings (SSSR count). The largest absolute Gasteiger partial charge is 0.490 e. The Morgan fingerprint density at radius 1 is 1.33 bits per heavy atom. The summed E-state index contributed by atoms with van der Waals surface area (Å²) in [6.45, 7) is 1.41. The number of benzene rings is 1. The van der Waals surface area contributed by atoms with Gasteiger partial charge in [-0.2, -0.15) is 5.10 Å². The summed E-state index contributed by atoms with van der Waals surface area (Å²) in [5.41, 5.74) is 3.52. The predicted octanol–water partition coefficient (Wildman–Crippen LogP) is 4.14. The van der Waals surface area contributed by atoms with E-state index in [0.717, 1.165) is 48.1 Å². The van der Waals surface area contributed by atoms with E-state index in [2.05, 4.69) is 5.10 Å². The number of fused-ring (bicyclic) bond motifs is 1. The van der Waals surface area contributed by atoms with Gasteiger partial charge in [-0.3, -0.25) is 9.58 Å². The van der Waals surface area contributed by atoms with E-state index in [1.807, 2.05) is 36.1 Å². The van der Waals surface area contributed by atoms with Gasteiger partial charge in [0.1, 0.15) is 19.0 Å². The molecule has 1 fully saturated rings. The number of methoxy groups -OCH3 is 1. The SMILES string of the molecule is COC(=O)N1c2ccc(-c3cnn(C4CC4)c3)c(OCCF)c2CCC1C. The first-order valence-corrected chi connectivity index (χ1v) is 9.40. The molecule has 0 bridgehead atoms. The van der Waals surface area contributed by atoms with Crippen molar-refractivity contribution < 1.29 is 18.7 Å². The molecule has 0 N–H and O–H groups in total. The molecule has 27 heavy (non-hydrogen) atoms. The van der Waals surface area contributed by atoms with Gasteiger partial charge in [0.05, 0.1) is 25.0 Å². The highest BCUT2D eigenvalue weighted by Crippen LogP contribution is 2.44. The fourth-order valence-electron chi connectivity index (χ4n) is 3.73. The fraction of sp³-hybridized carbons (Fsp3) is 0.500. The van der Waals surface area contributed by atoms with Gasteiger partial charge in [-0.25, -0.2) is 9.18 Å². The van der Waals surface area contributed by atoms with Crippen molar-refractivity contribution >= 4 is 11.8 Å². The molecule has 2 aliphatic rings. The van der Waals surface area contributed by atoms with Gasteiger partial charge < -0.3 is 9.47 Å². The number of carbonyl (C=O) groups is 1. The molecule has 1 aliphatic heterocycles. The van der Waals surface area contributed by atoms with E-state index in [1.165, 1.54) is 7.11 Å². The Bertz CT molecular complexity index is 847. The molecule has 0 spiro atoms. The van der Waals surface area contributed by atoms with Crippen molar-refractivity contribution in [2.24, 2.45) is 0 Å². The van der Waals surface area contributed by atoms with E-state index >= 15 is 0 Å². The Morgan fingerprint density at radius 2 is 2.15 bits per heavy atom. The molecule has 0 saturated heterocycles. The van der Waals surface area contributed by atoms with Crippen LogP contribution in [-0.2, 0) is 11.2 Å². The molecule has 1 aromatic carbocycles. The number of ether oxygens (including phenoxy) is 2. The Morgan fingerprint density at radius 3 is 2.85 bits per heavy atom. The monoisotopic (exact) mass is 373 g/mol. The highest BCUT2D eigenvalue weighted by Gasteiger charge is 2.32. The number of nitrogens with zero attached hydrogens (tertiary/aromatic N) is 3. The van der Waals surface area contributed by atoms with Crippen molar-refractivity contribution in [1.29, 1.82) is 0 Å². The van der Waals surface area contributed by atoms with Gasteiger partial charge in [-0.1, -0.05) is 0 Å². The number of carbonyl (C=O) groups excluding carboxylic acids is 1. The smallest absolute Gasteiger partial charge is 0.414 e. The molecular weight excluding hydrogens is 349 g/mol. The van der Waals surface area contributed by atoms with Gasteiger partial charge >= 0.3 is 6.09 Å². The highest BCUT2D eigenvalue weighted by molar-refractivity contribution is 5.92. The number of aromatic nitrogens is 2. The fourth-order valence-corrected chi connectivity index (χ4v) is 3.73. The lowest BCUT2D eigenvalue weighted by Crippen LogP contribution is -2.42. The molecule has 1 saturated carbocycles. The van der Waals surface area contributed by atoms with Crippen LogP contribution >= 0.6 is 0 Å². The maximum absolute atomic E-state index is 12.9. The summed E-state index contributed by atoms with van der Waals surface area (Å²) in [6.07, 6.45) is 7.31. The summed E-state index contributed by atoms with van der Waals surface area (Å²) < 4.78 is 25.6. The van der Waals surface area contributed by atoms with E-state index in [-0.39, 0.29) is 12.6 Å². The number of anilines is 1. The topological polar surface area (TPSA) is 56.6 Å². The third-order valence-electron chi connectivity index (χ3n) is 5.28. The Balaban J connectivity index is 1.79. The quantitative estimate of drug-likeness (QED) is 0.790. The molecule has 2 aromatic rings. The highest BCUT2D eigenvalue weighted by atomic mass is 19.1. The summed E-state index contributed by atoms with van der Waals surface area (Å²) in [5, 5.41) is 4.46. The minimum atomic E-state index is -0.568. The molecule has 1 amide bonds. The average Bonchev–Trinajstić information content (AvgIpc) is 3.42. The van der Waals surface area contributed by atoms with E-state index in [4.69, 9.17) is 9.47 Å². The maximum atomic E-state index is 12.9. The lowest BCUT2D eigenvalue weighted by Gasteiger charge is -2.35. The number of hydrogen-bond acceptors (Lipinski definition) is 4. The third-order valence-corrected chi connectivity index (χ3v) is 5.28. The zero-order valence-corrected chi connectivity index (χ0v) is 15.7. The van der Waals surface area contributed by atoms with Crippen LogP contribution in [0.25, 0.3) is 11.1 Å². The Labute approximate surface area is 157 Å². The zero-order valence-electron chi connectivity index (χ0n) is 15.7. The van der Waals surface area contributed by atoms with Crippen LogP contribution in [0.3, 0.4) is 0 Å². The first kappa shape index (κ1) is 17.8. The van der Waals surface area contributed by atoms with Crippen LogP contribution < -0.4 is 9.64 Å². The van der Waals surface area contributed by atoms with Gasteiger partial charge in [0.2, 0.25) is 0 Å². The molecule has 6 nitrogen and oxygen atoms in total. The molecule has 1 aliphatic carbocycles. The van der Waals surface area contributed by atoms with Gasteiger partial charge in [0.15, 0.2) is 0 Å². The molecular formula is C20H24FN3O3. The first-order chi connectivity index (χ1) is 13.1. The van der Waals surface area contributed by atoms with Crippen molar-refractivity contribution in [3.8, 4) is 16.9 Å². The summed E-state index contributed by atoms with van der Waals surface area (Å²) in [7, 11) is 1.38. The molecule has 1 atom stereocenters. The summed E-state index contributed by atoms with van der Waals surface area (Å²) >= 11 is 0. The van der Waals surface area contributed by atoms with E-state index in [9.17, 15) is 9.18 Å². The second-order valence-electron chi connectivity index (χ2n) is 7.15. The van der Waals surface area contributed by atoms with Crippen molar-refractivity contribution in [1.82, 2.24) is 9.78 Å². The van der Waals surface area contributed by atoms with Crippen LogP contribution in [0.5, 0.6) is 5.75 Å². The van der Waals surface area contributed by atoms with Crippen molar-refractivity contribution in [2.75, 3.05) is 25.3 Å². The number of amides is 1. The van der Waals surface area contributed by atoms with Crippen LogP contribution in [0, 0.1) is 0 Å². The van der Waals surface area contributed by atoms with Crippen LogP contribution in [-0.4, -0.2) is 42.3 Å². The minimum Gasteiger partial charge on any atom is -0.490 e. The molecule has 0 radical (unpaired) electrons. The predicted molar refractivity (Wildman–Crippen MR) is 100 cm³/mol. The minimum absolute atomic E-state index is 0.0198. The van der Waals surface area contributed by atoms with Gasteiger partial charge in [0.25, 0.3) is 0 Å². The average molecular weight is 373 g/mol. The van der Waals surface area contributed by atoms with Gasteiger partial charge in [0, 0.05) is 28.9 Å². The summed E-state index contributed by atoms with van der Waals surface area (Å²) in [4.78, 5) is 13.9. The van der Waals surface area contributed by atoms with Gasteiger partial charge in [-0.15, -0.1) is 0 Å². The number of hydrogen-bond donors (Lipinski definition) is 0. The number of alkyl halides is 1. The number of rotatable bonds is 5. The van der Waals surface area contributed by atoms with Crippen LogP contribution in [0.4, 0.5) is 14.9 Å². The zero-order chi connectivity index (χ0) is 19.0. The van der Waals surface area contributed by atoms with Crippen LogP contribution in [0.1, 0.15) is 37.8 Å². The van der Waals surface area contributed by atoms with Crippen molar-refractivity contribution in [3.63, 3.8) is 0 Å². The normalized spacial score (nSPS) is 18.9. The van der Waals surface area contributed by atoms with Crippen LogP contribution in [0.15, 0.2) is 24.5 Å². The summed E-state index contributed by atoms with van der Waals surface area (Å²) in [6, 6.07) is 4.37. The Kier molecular flexibility index (Phi) is 4.76. The molecule has 2 heterocycles. The Hall–Kier alpha value is -2.57. The van der Waals surface area contributed by atoms with Crippen molar-refractivity contribution in [3.05, 3.63) is 30.1 Å². The second-order valence-corrected chi connectivity index (χ2v) is 7.15. The molecule has 7 heteroatoms. The second kappa shape index (κ2) is 7.21. The van der Waals surface area contributed by atoms with Gasteiger partial charge in [-0.05, 0) is 44.7 Å². The maximum Gasteiger partial charge on any atom is 0.414 e. The summed E-state index contributed by atoms with van der Waals surface area (Å²) in [5.74, 6) is 0.640. The first-order valence-electron chi connectivity index (χ1n) is 9.40. The lowest BCUT2D eigenvalue weighted by molar-refractivity contribution is 0.175. The van der Waals surface area contributed by atoms with E-state index in [1.54, 1.807) is 4.90 Å². The molecule has 1 aromatic heterocycles. The molecule has 144 valence electrons. The third kappa shape index (κ3) is 3.26.